The zero-order chi connectivity index (χ0) is 22.2. The Morgan fingerprint density at radius 3 is 2.48 bits per heavy atom. The van der Waals surface area contributed by atoms with E-state index in [2.05, 4.69) is 71.9 Å². The molecule has 172 valence electrons. The lowest BCUT2D eigenvalue weighted by Crippen LogP contribution is -2.69. The van der Waals surface area contributed by atoms with Gasteiger partial charge in [0.2, 0.25) is 0 Å². The fourth-order valence-electron chi connectivity index (χ4n) is 8.01. The van der Waals surface area contributed by atoms with Crippen LogP contribution in [0.1, 0.15) is 80.1 Å². The number of hydrogen-bond acceptors (Lipinski definition) is 3. The summed E-state index contributed by atoms with van der Waals surface area (Å²) in [5, 5.41) is 10.4. The molecule has 2 spiro atoms. The van der Waals surface area contributed by atoms with E-state index in [-0.39, 0.29) is 16.9 Å². The summed E-state index contributed by atoms with van der Waals surface area (Å²) < 4.78 is 0. The molecule has 0 aromatic carbocycles. The van der Waals surface area contributed by atoms with E-state index < -0.39 is 11.2 Å². The third-order valence-electron chi connectivity index (χ3n) is 10.5. The molecule has 2 saturated carbocycles. The molecule has 9 atom stereocenters. The molecular weight excluding hydrogens is 384 g/mol. The van der Waals surface area contributed by atoms with Crippen molar-refractivity contribution in [2.45, 2.75) is 97.4 Å². The largest absolute Gasteiger partial charge is 0.393 e. The van der Waals surface area contributed by atoms with Gasteiger partial charge in [-0.25, -0.2) is 9.78 Å². The van der Waals surface area contributed by atoms with Crippen LogP contribution in [0, 0.1) is 40.4 Å². The summed E-state index contributed by atoms with van der Waals surface area (Å²) in [5.41, 5.74) is 0.656. The quantitative estimate of drug-likeness (QED) is 0.418. The molecule has 7 unspecified atom stereocenters. The fourth-order valence-corrected chi connectivity index (χ4v) is 8.01. The van der Waals surface area contributed by atoms with E-state index in [9.17, 15) is 5.11 Å². The van der Waals surface area contributed by atoms with Gasteiger partial charge in [0.1, 0.15) is 11.2 Å². The molecule has 0 aromatic heterocycles. The fraction of sp³-hybridized carbons (Fsp3) is 0.786. The van der Waals surface area contributed by atoms with Crippen LogP contribution in [0.2, 0.25) is 0 Å². The molecule has 2 aliphatic heterocycles. The van der Waals surface area contributed by atoms with Gasteiger partial charge in [-0.05, 0) is 78.9 Å². The van der Waals surface area contributed by atoms with Gasteiger partial charge in [0.15, 0.2) is 0 Å². The smallest absolute Gasteiger partial charge is 0.147 e. The van der Waals surface area contributed by atoms with Crippen LogP contribution >= 0.6 is 0 Å². The van der Waals surface area contributed by atoms with Gasteiger partial charge in [0, 0.05) is 17.8 Å². The molecule has 0 radical (unpaired) electrons. The minimum Gasteiger partial charge on any atom is -0.393 e. The van der Waals surface area contributed by atoms with Crippen molar-refractivity contribution in [1.82, 2.24) is 0 Å². The highest BCUT2D eigenvalue weighted by Gasteiger charge is 2.71. The lowest BCUT2D eigenvalue weighted by molar-refractivity contribution is -0.455. The van der Waals surface area contributed by atoms with Crippen LogP contribution in [0.4, 0.5) is 0 Å². The van der Waals surface area contributed by atoms with Crippen molar-refractivity contribution in [2.24, 2.45) is 40.4 Å². The van der Waals surface area contributed by atoms with Gasteiger partial charge >= 0.3 is 0 Å². The predicted molar refractivity (Wildman–Crippen MR) is 124 cm³/mol. The van der Waals surface area contributed by atoms with E-state index in [1.165, 1.54) is 18.4 Å². The summed E-state index contributed by atoms with van der Waals surface area (Å²) in [6.07, 6.45) is 17.8. The average molecular weight is 427 g/mol. The van der Waals surface area contributed by atoms with Gasteiger partial charge < -0.3 is 5.11 Å². The van der Waals surface area contributed by atoms with Crippen LogP contribution in [0.25, 0.3) is 0 Å². The normalized spacial score (nSPS) is 50.2. The number of fused-ring (bicyclic) bond motifs is 2. The molecule has 6 rings (SSSR count). The lowest BCUT2D eigenvalue weighted by atomic mass is 9.47. The molecule has 3 fully saturated rings. The minimum atomic E-state index is -0.507. The molecule has 6 aliphatic rings. The van der Waals surface area contributed by atoms with E-state index in [0.29, 0.717) is 36.0 Å². The van der Waals surface area contributed by atoms with Crippen molar-refractivity contribution in [3.05, 3.63) is 36.0 Å². The van der Waals surface area contributed by atoms with Crippen LogP contribution in [-0.4, -0.2) is 22.4 Å². The monoisotopic (exact) mass is 426 g/mol. The first-order valence-corrected chi connectivity index (χ1v) is 12.7. The van der Waals surface area contributed by atoms with Gasteiger partial charge in [0.25, 0.3) is 0 Å². The van der Waals surface area contributed by atoms with E-state index in [1.54, 1.807) is 0 Å². The Labute approximate surface area is 188 Å². The van der Waals surface area contributed by atoms with Crippen molar-refractivity contribution in [3.8, 4) is 0 Å². The number of rotatable bonds is 4. The molecular formula is C28H42O3. The summed E-state index contributed by atoms with van der Waals surface area (Å²) in [7, 11) is 0. The average Bonchev–Trinajstić information content (AvgIpc) is 3.09. The Kier molecular flexibility index (Phi) is 4.98. The molecule has 3 heteroatoms. The molecule has 31 heavy (non-hydrogen) atoms. The maximum atomic E-state index is 10.4. The highest BCUT2D eigenvalue weighted by Crippen LogP contribution is 2.71. The summed E-state index contributed by atoms with van der Waals surface area (Å²) in [6, 6.07) is 0. The topological polar surface area (TPSA) is 38.7 Å². The van der Waals surface area contributed by atoms with Crippen molar-refractivity contribution in [1.29, 1.82) is 0 Å². The van der Waals surface area contributed by atoms with Gasteiger partial charge in [-0.15, -0.1) is 0 Å². The Morgan fingerprint density at radius 2 is 1.81 bits per heavy atom. The second kappa shape index (κ2) is 7.05. The molecule has 1 N–H and O–H groups in total. The van der Waals surface area contributed by atoms with Crippen molar-refractivity contribution >= 4 is 0 Å². The molecule has 0 amide bonds. The predicted octanol–water partition coefficient (Wildman–Crippen LogP) is 6.39. The second-order valence-corrected chi connectivity index (χ2v) is 12.3. The SMILES string of the molecule is CC(C)C(C)/C=C\C(C)C1CCC2C1(C)CC=C1C3(C)CCC(O)C[C@]34C=C[C@@]12OO4. The molecule has 2 heterocycles. The van der Waals surface area contributed by atoms with Crippen LogP contribution < -0.4 is 0 Å². The van der Waals surface area contributed by atoms with Gasteiger partial charge in [-0.2, -0.15) is 0 Å². The van der Waals surface area contributed by atoms with Crippen molar-refractivity contribution < 1.29 is 14.9 Å². The first-order valence-electron chi connectivity index (χ1n) is 12.7. The molecule has 0 aromatic rings. The van der Waals surface area contributed by atoms with Crippen molar-refractivity contribution in [3.63, 3.8) is 0 Å². The Morgan fingerprint density at radius 1 is 1.03 bits per heavy atom. The standard InChI is InChI=1S/C28H42O3/c1-18(2)19(3)7-8-20(4)22-9-10-23-25(22,5)13-12-24-26(6)14-11-21(29)17-27(26)15-16-28(23,24)31-30-27/h7-8,12,15-16,18-23,29H,9-11,13-14,17H2,1-6H3/b8-7-/t19?,20?,21?,22?,23?,25?,26?,27-,28+/m1/s1. The minimum absolute atomic E-state index is 0.0726. The molecule has 2 bridgehead atoms. The molecule has 4 aliphatic carbocycles. The maximum Gasteiger partial charge on any atom is 0.147 e. The van der Waals surface area contributed by atoms with Crippen LogP contribution in [0.15, 0.2) is 36.0 Å². The van der Waals surface area contributed by atoms with E-state index in [4.69, 9.17) is 9.78 Å². The number of aliphatic hydroxyl groups is 1. The highest BCUT2D eigenvalue weighted by molar-refractivity contribution is 5.48. The molecule has 1 saturated heterocycles. The zero-order valence-electron chi connectivity index (χ0n) is 20.4. The van der Waals surface area contributed by atoms with Gasteiger partial charge in [-0.1, -0.05) is 59.8 Å². The Bertz CT molecular complexity index is 826. The number of hydrogen-bond donors (Lipinski definition) is 1. The lowest BCUT2D eigenvalue weighted by Gasteiger charge is -2.66. The second-order valence-electron chi connectivity index (χ2n) is 12.3. The van der Waals surface area contributed by atoms with E-state index >= 15 is 0 Å². The Balaban J connectivity index is 1.48. The first-order chi connectivity index (χ1) is 14.6. The third kappa shape index (κ3) is 2.82. The summed E-state index contributed by atoms with van der Waals surface area (Å²) in [5.74, 6) is 2.98. The summed E-state index contributed by atoms with van der Waals surface area (Å²) in [6.45, 7) is 14.2. The third-order valence-corrected chi connectivity index (χ3v) is 10.5. The zero-order valence-corrected chi connectivity index (χ0v) is 20.4. The van der Waals surface area contributed by atoms with Crippen molar-refractivity contribution in [2.75, 3.05) is 0 Å². The maximum absolute atomic E-state index is 10.4. The van der Waals surface area contributed by atoms with E-state index in [0.717, 1.165) is 19.3 Å². The highest BCUT2D eigenvalue weighted by atomic mass is 17.2. The van der Waals surface area contributed by atoms with Gasteiger partial charge in [0.05, 0.1) is 6.10 Å². The van der Waals surface area contributed by atoms with Crippen LogP contribution in [-0.2, 0) is 9.78 Å². The van der Waals surface area contributed by atoms with Crippen LogP contribution in [0.5, 0.6) is 0 Å². The van der Waals surface area contributed by atoms with Gasteiger partial charge in [-0.3, -0.25) is 0 Å². The number of allylic oxidation sites excluding steroid dienone is 3. The summed E-state index contributed by atoms with van der Waals surface area (Å²) >= 11 is 0. The molecule has 3 nitrogen and oxygen atoms in total. The summed E-state index contributed by atoms with van der Waals surface area (Å²) in [4.78, 5) is 12.6. The number of aliphatic hydroxyl groups excluding tert-OH is 1. The Hall–Kier alpha value is -0.900. The first kappa shape index (κ1) is 21.9. The van der Waals surface area contributed by atoms with Crippen LogP contribution in [0.3, 0.4) is 0 Å². The van der Waals surface area contributed by atoms with E-state index in [1.807, 2.05) is 0 Å².